The molecule has 1 heterocycles. The van der Waals surface area contributed by atoms with Gasteiger partial charge in [-0.2, -0.15) is 0 Å². The number of carbonyl (C=O) groups excluding carboxylic acids is 2. The summed E-state index contributed by atoms with van der Waals surface area (Å²) in [6, 6.07) is 2.85. The number of carbonyl (C=O) groups is 2. The lowest BCUT2D eigenvalue weighted by molar-refractivity contribution is -0.129. The lowest BCUT2D eigenvalue weighted by Gasteiger charge is -2.26. The number of rotatable bonds is 5. The summed E-state index contributed by atoms with van der Waals surface area (Å²) in [6.07, 6.45) is 0.263. The second kappa shape index (κ2) is 6.07. The molecule has 118 valence electrons. The van der Waals surface area contributed by atoms with E-state index in [1.165, 1.54) is 24.0 Å². The number of aliphatic hydroxyl groups is 2. The Kier molecular flexibility index (Phi) is 4.37. The highest BCUT2D eigenvalue weighted by molar-refractivity contribution is 6.08. The van der Waals surface area contributed by atoms with Gasteiger partial charge >= 0.3 is 0 Å². The molecule has 1 aliphatic heterocycles. The molecule has 7 nitrogen and oxygen atoms in total. The summed E-state index contributed by atoms with van der Waals surface area (Å²) >= 11 is 0. The third-order valence-electron chi connectivity index (χ3n) is 3.55. The molecule has 1 atom stereocenters. The van der Waals surface area contributed by atoms with Crippen molar-refractivity contribution in [2.75, 3.05) is 13.2 Å². The zero-order valence-corrected chi connectivity index (χ0v) is 12.0. The van der Waals surface area contributed by atoms with Crippen LogP contribution in [0.3, 0.4) is 0 Å². The van der Waals surface area contributed by atoms with Gasteiger partial charge in [0.05, 0.1) is 11.6 Å². The van der Waals surface area contributed by atoms with E-state index in [1.807, 2.05) is 0 Å². The van der Waals surface area contributed by atoms with E-state index in [4.69, 9.17) is 5.11 Å². The van der Waals surface area contributed by atoms with Crippen LogP contribution in [0.2, 0.25) is 0 Å². The second-order valence-electron chi connectivity index (χ2n) is 5.04. The molecule has 0 saturated heterocycles. The number of benzene rings is 1. The van der Waals surface area contributed by atoms with Crippen LogP contribution in [0, 0.1) is 0 Å². The molecule has 0 fully saturated rings. The van der Waals surface area contributed by atoms with Crippen molar-refractivity contribution in [1.82, 2.24) is 4.90 Å². The van der Waals surface area contributed by atoms with Crippen molar-refractivity contribution in [3.05, 3.63) is 35.1 Å². The highest BCUT2D eigenvalue weighted by Gasteiger charge is 2.43. The minimum absolute atomic E-state index is 0.107. The fraction of sp³-hybridized carbons (Fsp3) is 0.333. The largest absolute Gasteiger partial charge is 0.508 e. The molecule has 0 radical (unpaired) electrons. The lowest BCUT2D eigenvalue weighted by atomic mass is 9.95. The minimum atomic E-state index is -0.947. The van der Waals surface area contributed by atoms with Gasteiger partial charge in [-0.1, -0.05) is 0 Å². The van der Waals surface area contributed by atoms with Gasteiger partial charge in [-0.05, 0) is 25.5 Å². The Morgan fingerprint density at radius 2 is 1.95 bits per heavy atom. The predicted molar refractivity (Wildman–Crippen MR) is 76.3 cm³/mol. The fourth-order valence-electron chi connectivity index (χ4n) is 2.57. The van der Waals surface area contributed by atoms with E-state index in [2.05, 4.69) is 0 Å². The van der Waals surface area contributed by atoms with Crippen molar-refractivity contribution in [2.45, 2.75) is 19.4 Å². The van der Waals surface area contributed by atoms with Crippen molar-refractivity contribution in [1.29, 1.82) is 0 Å². The SMILES string of the molecule is CC(=O)C1=C(O)C(=O)N(CCCO)C1c1ccc(O)cc1O. The first-order valence-electron chi connectivity index (χ1n) is 6.76. The maximum absolute atomic E-state index is 12.1. The number of aliphatic hydroxyl groups excluding tert-OH is 2. The molecule has 1 aliphatic rings. The quantitative estimate of drug-likeness (QED) is 0.638. The molecule has 1 unspecified atom stereocenters. The summed E-state index contributed by atoms with van der Waals surface area (Å²) in [5.74, 6) is -2.32. The maximum Gasteiger partial charge on any atom is 0.290 e. The molecule has 1 aromatic carbocycles. The summed E-state index contributed by atoms with van der Waals surface area (Å²) in [5.41, 5.74) is 0.113. The summed E-state index contributed by atoms with van der Waals surface area (Å²) in [7, 11) is 0. The fourth-order valence-corrected chi connectivity index (χ4v) is 2.57. The summed E-state index contributed by atoms with van der Waals surface area (Å²) in [4.78, 5) is 25.2. The van der Waals surface area contributed by atoms with Gasteiger partial charge < -0.3 is 25.3 Å². The van der Waals surface area contributed by atoms with Crippen LogP contribution in [0.5, 0.6) is 11.5 Å². The molecule has 0 aliphatic carbocycles. The summed E-state index contributed by atoms with van der Waals surface area (Å²) < 4.78 is 0. The normalized spacial score (nSPS) is 18.2. The Morgan fingerprint density at radius 3 is 2.50 bits per heavy atom. The number of hydrogen-bond acceptors (Lipinski definition) is 6. The number of Topliss-reactive ketones (excluding diaryl/α,β-unsaturated/α-hetero) is 1. The van der Waals surface area contributed by atoms with Crippen LogP contribution >= 0.6 is 0 Å². The van der Waals surface area contributed by atoms with E-state index < -0.39 is 23.5 Å². The zero-order valence-electron chi connectivity index (χ0n) is 12.0. The molecule has 0 bridgehead atoms. The molecular formula is C15H17NO6. The number of phenolic OH excluding ortho intramolecular Hbond substituents is 2. The number of hydrogen-bond donors (Lipinski definition) is 4. The Labute approximate surface area is 126 Å². The van der Waals surface area contributed by atoms with Crippen LogP contribution in [0.15, 0.2) is 29.5 Å². The number of phenols is 2. The zero-order chi connectivity index (χ0) is 16.4. The van der Waals surface area contributed by atoms with Crippen molar-refractivity contribution in [3.63, 3.8) is 0 Å². The molecule has 2 rings (SSSR count). The molecule has 0 saturated carbocycles. The van der Waals surface area contributed by atoms with Gasteiger partial charge in [0.1, 0.15) is 11.5 Å². The van der Waals surface area contributed by atoms with Crippen LogP contribution < -0.4 is 0 Å². The number of ketones is 1. The second-order valence-corrected chi connectivity index (χ2v) is 5.04. The van der Waals surface area contributed by atoms with Crippen molar-refractivity contribution >= 4 is 11.7 Å². The van der Waals surface area contributed by atoms with Gasteiger partial charge in [-0.15, -0.1) is 0 Å². The monoisotopic (exact) mass is 307 g/mol. The molecular weight excluding hydrogens is 290 g/mol. The van der Waals surface area contributed by atoms with Crippen LogP contribution in [-0.4, -0.2) is 50.2 Å². The molecule has 0 aromatic heterocycles. The molecule has 7 heteroatoms. The maximum atomic E-state index is 12.1. The van der Waals surface area contributed by atoms with E-state index in [1.54, 1.807) is 0 Å². The number of nitrogens with zero attached hydrogens (tertiary/aromatic N) is 1. The number of amides is 1. The third-order valence-corrected chi connectivity index (χ3v) is 3.55. The van der Waals surface area contributed by atoms with Gasteiger partial charge in [-0.25, -0.2) is 0 Å². The van der Waals surface area contributed by atoms with E-state index in [9.17, 15) is 24.9 Å². The lowest BCUT2D eigenvalue weighted by Crippen LogP contribution is -2.32. The van der Waals surface area contributed by atoms with Crippen LogP contribution in [0.25, 0.3) is 0 Å². The topological polar surface area (TPSA) is 118 Å². The Hall–Kier alpha value is -2.54. The molecule has 0 spiro atoms. The van der Waals surface area contributed by atoms with Crippen LogP contribution in [0.1, 0.15) is 24.9 Å². The van der Waals surface area contributed by atoms with E-state index in [0.29, 0.717) is 0 Å². The third kappa shape index (κ3) is 2.62. The van der Waals surface area contributed by atoms with Gasteiger partial charge in [0.15, 0.2) is 11.5 Å². The van der Waals surface area contributed by atoms with E-state index in [0.717, 1.165) is 6.07 Å². The van der Waals surface area contributed by atoms with E-state index >= 15 is 0 Å². The van der Waals surface area contributed by atoms with Gasteiger partial charge in [0.2, 0.25) is 0 Å². The first-order valence-corrected chi connectivity index (χ1v) is 6.76. The van der Waals surface area contributed by atoms with Gasteiger partial charge in [0, 0.05) is 24.8 Å². The van der Waals surface area contributed by atoms with Gasteiger partial charge in [0.25, 0.3) is 5.91 Å². The summed E-state index contributed by atoms with van der Waals surface area (Å²) in [6.45, 7) is 1.17. The van der Waals surface area contributed by atoms with Crippen LogP contribution in [-0.2, 0) is 9.59 Å². The Morgan fingerprint density at radius 1 is 1.27 bits per heavy atom. The van der Waals surface area contributed by atoms with Crippen LogP contribution in [0.4, 0.5) is 0 Å². The Bertz CT molecular complexity index is 651. The highest BCUT2D eigenvalue weighted by Crippen LogP contribution is 2.41. The van der Waals surface area contributed by atoms with E-state index in [-0.39, 0.29) is 42.2 Å². The first kappa shape index (κ1) is 15.8. The average Bonchev–Trinajstić information content (AvgIpc) is 2.69. The highest BCUT2D eigenvalue weighted by atomic mass is 16.3. The van der Waals surface area contributed by atoms with Crippen molar-refractivity contribution < 1.29 is 30.0 Å². The van der Waals surface area contributed by atoms with Crippen molar-refractivity contribution in [3.8, 4) is 11.5 Å². The summed E-state index contributed by atoms with van der Waals surface area (Å²) in [5, 5.41) is 38.3. The molecule has 4 N–H and O–H groups in total. The smallest absolute Gasteiger partial charge is 0.290 e. The number of aromatic hydroxyl groups is 2. The average molecular weight is 307 g/mol. The standard InChI is InChI=1S/C15H17NO6/c1-8(18)12-13(10-4-3-9(19)7-11(10)20)16(5-2-6-17)15(22)14(12)21/h3-4,7,13,17,19-21H,2,5-6H2,1H3. The first-order chi connectivity index (χ1) is 10.4. The van der Waals surface area contributed by atoms with Crippen molar-refractivity contribution in [2.24, 2.45) is 0 Å². The molecule has 22 heavy (non-hydrogen) atoms. The molecule has 1 aromatic rings. The minimum Gasteiger partial charge on any atom is -0.508 e. The predicted octanol–water partition coefficient (Wildman–Crippen LogP) is 0.765. The molecule has 1 amide bonds. The Balaban J connectivity index is 2.54. The van der Waals surface area contributed by atoms with Gasteiger partial charge in [-0.3, -0.25) is 9.59 Å².